The van der Waals surface area contributed by atoms with Gasteiger partial charge in [-0.25, -0.2) is 0 Å². The molecular weight excluding hydrogens is 450 g/mol. The van der Waals surface area contributed by atoms with Crippen LogP contribution in [0.1, 0.15) is 5.56 Å². The van der Waals surface area contributed by atoms with E-state index in [-0.39, 0.29) is 12.2 Å². The molecule has 0 atom stereocenters. The molecule has 28 heavy (non-hydrogen) atoms. The summed E-state index contributed by atoms with van der Waals surface area (Å²) in [5, 5.41) is 12.4. The molecule has 0 bridgehead atoms. The van der Waals surface area contributed by atoms with Crippen molar-refractivity contribution in [2.45, 2.75) is 0 Å². The number of halogens is 2. The Morgan fingerprint density at radius 2 is 2.00 bits per heavy atom. The van der Waals surface area contributed by atoms with Crippen LogP contribution in [0.15, 0.2) is 46.4 Å². The number of carbonyl (C=O) groups excluding carboxylic acids is 2. The Bertz CT molecular complexity index is 986. The normalized spacial score (nSPS) is 10.7. The average Bonchev–Trinajstić information content (AvgIpc) is 2.65. The molecule has 2 aromatic carbocycles. The minimum absolute atomic E-state index is 0.125. The van der Waals surface area contributed by atoms with E-state index >= 15 is 0 Å². The van der Waals surface area contributed by atoms with Gasteiger partial charge < -0.3 is 20.5 Å². The summed E-state index contributed by atoms with van der Waals surface area (Å²) in [7, 11) is 1.46. The molecule has 9 heteroatoms. The highest BCUT2D eigenvalue weighted by Crippen LogP contribution is 2.29. The summed E-state index contributed by atoms with van der Waals surface area (Å²) in [5.74, 6) is -0.402. The van der Waals surface area contributed by atoms with E-state index in [0.29, 0.717) is 32.2 Å². The minimum Gasteiger partial charge on any atom is -0.495 e. The summed E-state index contributed by atoms with van der Waals surface area (Å²) in [6.45, 7) is -0.263. The molecule has 0 aromatic heterocycles. The standard InChI is InChI=1S/C19H15BrClN3O4/c1-27-17-5-3-13(21)8-15(17)24-19(26)12(9-22)6-11-2-4-16(14(20)7-11)28-10-18(23)25/h2-8H,10H2,1H3,(H2,23,25)(H,24,26)/b12-6+. The highest BCUT2D eigenvalue weighted by atomic mass is 79.9. The monoisotopic (exact) mass is 463 g/mol. The summed E-state index contributed by atoms with van der Waals surface area (Å²) in [6, 6.07) is 11.5. The number of ether oxygens (including phenoxy) is 2. The van der Waals surface area contributed by atoms with Gasteiger partial charge in [0.2, 0.25) is 0 Å². The van der Waals surface area contributed by atoms with Crippen LogP contribution in [0.25, 0.3) is 6.08 Å². The Morgan fingerprint density at radius 1 is 1.29 bits per heavy atom. The van der Waals surface area contributed by atoms with Crippen LogP contribution < -0.4 is 20.5 Å². The Balaban J connectivity index is 2.22. The van der Waals surface area contributed by atoms with Gasteiger partial charge >= 0.3 is 0 Å². The molecular formula is C19H15BrClN3O4. The number of nitriles is 1. The third kappa shape index (κ3) is 5.74. The predicted octanol–water partition coefficient (Wildman–Crippen LogP) is 3.52. The SMILES string of the molecule is COc1ccc(Cl)cc1NC(=O)/C(C#N)=C/c1ccc(OCC(N)=O)c(Br)c1. The lowest BCUT2D eigenvalue weighted by Crippen LogP contribution is -2.20. The third-order valence-corrected chi connectivity index (χ3v) is 4.27. The number of nitrogens with zero attached hydrogens (tertiary/aromatic N) is 1. The van der Waals surface area contributed by atoms with E-state index in [0.717, 1.165) is 0 Å². The van der Waals surface area contributed by atoms with Crippen molar-refractivity contribution in [3.05, 3.63) is 57.0 Å². The molecule has 7 nitrogen and oxygen atoms in total. The van der Waals surface area contributed by atoms with Gasteiger partial charge in [0.05, 0.1) is 17.3 Å². The summed E-state index contributed by atoms with van der Waals surface area (Å²) in [5.41, 5.74) is 5.84. The van der Waals surface area contributed by atoms with Crippen molar-refractivity contribution < 1.29 is 19.1 Å². The molecule has 144 valence electrons. The Morgan fingerprint density at radius 3 is 2.61 bits per heavy atom. The molecule has 0 aliphatic heterocycles. The average molecular weight is 465 g/mol. The van der Waals surface area contributed by atoms with Crippen molar-refractivity contribution in [2.24, 2.45) is 5.73 Å². The van der Waals surface area contributed by atoms with Crippen LogP contribution in [0.3, 0.4) is 0 Å². The molecule has 0 heterocycles. The van der Waals surface area contributed by atoms with Crippen LogP contribution in [-0.2, 0) is 9.59 Å². The molecule has 2 rings (SSSR count). The first-order valence-electron chi connectivity index (χ1n) is 7.81. The zero-order chi connectivity index (χ0) is 20.7. The van der Waals surface area contributed by atoms with Crippen LogP contribution >= 0.6 is 27.5 Å². The topological polar surface area (TPSA) is 114 Å². The van der Waals surface area contributed by atoms with Gasteiger partial charge in [-0.2, -0.15) is 5.26 Å². The predicted molar refractivity (Wildman–Crippen MR) is 109 cm³/mol. The largest absolute Gasteiger partial charge is 0.495 e. The van der Waals surface area contributed by atoms with Gasteiger partial charge in [-0.05, 0) is 57.9 Å². The number of rotatable bonds is 7. The zero-order valence-electron chi connectivity index (χ0n) is 14.7. The third-order valence-electron chi connectivity index (χ3n) is 3.41. The lowest BCUT2D eigenvalue weighted by Gasteiger charge is -2.10. The van der Waals surface area contributed by atoms with Crippen LogP contribution in [0.2, 0.25) is 5.02 Å². The van der Waals surface area contributed by atoms with Gasteiger partial charge in [0, 0.05) is 5.02 Å². The minimum atomic E-state index is -0.617. The highest BCUT2D eigenvalue weighted by Gasteiger charge is 2.13. The number of benzene rings is 2. The number of carbonyl (C=O) groups is 2. The number of anilines is 1. The van der Waals surface area contributed by atoms with E-state index in [9.17, 15) is 14.9 Å². The summed E-state index contributed by atoms with van der Waals surface area (Å²) in [4.78, 5) is 23.3. The summed E-state index contributed by atoms with van der Waals surface area (Å²) < 4.78 is 10.9. The van der Waals surface area contributed by atoms with Crippen molar-refractivity contribution in [2.75, 3.05) is 19.0 Å². The van der Waals surface area contributed by atoms with Gasteiger partial charge in [0.1, 0.15) is 23.1 Å². The fraction of sp³-hybridized carbons (Fsp3) is 0.105. The highest BCUT2D eigenvalue weighted by molar-refractivity contribution is 9.10. The molecule has 0 unspecified atom stereocenters. The van der Waals surface area contributed by atoms with Crippen LogP contribution in [-0.4, -0.2) is 25.5 Å². The molecule has 3 N–H and O–H groups in total. The second kappa shape index (κ2) is 9.78. The van der Waals surface area contributed by atoms with Crippen LogP contribution in [0.5, 0.6) is 11.5 Å². The number of methoxy groups -OCH3 is 1. The molecule has 0 spiro atoms. The van der Waals surface area contributed by atoms with Crippen molar-refractivity contribution in [3.63, 3.8) is 0 Å². The van der Waals surface area contributed by atoms with Gasteiger partial charge in [-0.1, -0.05) is 17.7 Å². The van der Waals surface area contributed by atoms with Crippen molar-refractivity contribution in [1.82, 2.24) is 0 Å². The van der Waals surface area contributed by atoms with E-state index in [1.165, 1.54) is 19.3 Å². The fourth-order valence-corrected chi connectivity index (χ4v) is 2.84. The van der Waals surface area contributed by atoms with Gasteiger partial charge in [0.25, 0.3) is 11.8 Å². The van der Waals surface area contributed by atoms with Gasteiger partial charge in [-0.15, -0.1) is 0 Å². The maximum atomic E-state index is 12.5. The van der Waals surface area contributed by atoms with Crippen LogP contribution in [0.4, 0.5) is 5.69 Å². The zero-order valence-corrected chi connectivity index (χ0v) is 17.0. The van der Waals surface area contributed by atoms with Gasteiger partial charge in [-0.3, -0.25) is 9.59 Å². The van der Waals surface area contributed by atoms with E-state index in [1.54, 1.807) is 30.3 Å². The number of amides is 2. The van der Waals surface area contributed by atoms with E-state index in [2.05, 4.69) is 21.2 Å². The fourth-order valence-electron chi connectivity index (χ4n) is 2.16. The summed E-state index contributed by atoms with van der Waals surface area (Å²) >= 11 is 9.25. The first-order chi connectivity index (χ1) is 13.3. The first kappa shape index (κ1) is 21.3. The Labute approximate surface area is 174 Å². The quantitative estimate of drug-likeness (QED) is 0.480. The number of primary amides is 1. The van der Waals surface area contributed by atoms with Crippen LogP contribution in [0, 0.1) is 11.3 Å². The van der Waals surface area contributed by atoms with E-state index < -0.39 is 11.8 Å². The lowest BCUT2D eigenvalue weighted by molar-refractivity contribution is -0.120. The number of hydrogen-bond acceptors (Lipinski definition) is 5. The number of nitrogens with two attached hydrogens (primary N) is 1. The molecule has 0 saturated heterocycles. The van der Waals surface area contributed by atoms with Crippen molar-refractivity contribution >= 4 is 51.1 Å². The maximum absolute atomic E-state index is 12.5. The molecule has 2 aromatic rings. The van der Waals surface area contributed by atoms with E-state index in [1.807, 2.05) is 6.07 Å². The van der Waals surface area contributed by atoms with Crippen molar-refractivity contribution in [3.8, 4) is 17.6 Å². The van der Waals surface area contributed by atoms with Crippen molar-refractivity contribution in [1.29, 1.82) is 5.26 Å². The Hall–Kier alpha value is -3.02. The Kier molecular flexibility index (Phi) is 7.44. The van der Waals surface area contributed by atoms with Gasteiger partial charge in [0.15, 0.2) is 6.61 Å². The summed E-state index contributed by atoms with van der Waals surface area (Å²) in [6.07, 6.45) is 1.41. The second-order valence-corrected chi connectivity index (χ2v) is 6.70. The first-order valence-corrected chi connectivity index (χ1v) is 8.98. The molecule has 0 fully saturated rings. The lowest BCUT2D eigenvalue weighted by atomic mass is 10.1. The molecule has 0 aliphatic rings. The number of hydrogen-bond donors (Lipinski definition) is 2. The smallest absolute Gasteiger partial charge is 0.266 e. The second-order valence-electron chi connectivity index (χ2n) is 5.41. The van der Waals surface area contributed by atoms with E-state index in [4.69, 9.17) is 26.8 Å². The molecule has 0 saturated carbocycles. The molecule has 2 amide bonds. The maximum Gasteiger partial charge on any atom is 0.266 e. The molecule has 0 aliphatic carbocycles. The molecule has 0 radical (unpaired) electrons. The number of nitrogens with one attached hydrogen (secondary N) is 1.